The summed E-state index contributed by atoms with van der Waals surface area (Å²) in [7, 11) is -1.63. The van der Waals surface area contributed by atoms with Crippen molar-refractivity contribution in [2.45, 2.75) is 41.5 Å². The van der Waals surface area contributed by atoms with Gasteiger partial charge in [-0.25, -0.2) is 0 Å². The van der Waals surface area contributed by atoms with Crippen LogP contribution in [0.1, 0.15) is 33.4 Å². The summed E-state index contributed by atoms with van der Waals surface area (Å²) in [5.41, 5.74) is 8.24. The van der Waals surface area contributed by atoms with Gasteiger partial charge in [0.05, 0.1) is 0 Å². The average molecular weight is 379 g/mol. The van der Waals surface area contributed by atoms with Crippen LogP contribution < -0.4 is 15.6 Å². The Morgan fingerprint density at radius 1 is 0.615 bits per heavy atom. The molecule has 0 atom stereocenters. The molecule has 26 heavy (non-hydrogen) atoms. The van der Waals surface area contributed by atoms with Crippen molar-refractivity contribution in [1.82, 2.24) is 0 Å². The zero-order chi connectivity index (χ0) is 19.0. The minimum atomic E-state index is -1.63. The van der Waals surface area contributed by atoms with Gasteiger partial charge in [-0.3, -0.25) is 0 Å². The van der Waals surface area contributed by atoms with Gasteiger partial charge in [0, 0.05) is 5.02 Å². The highest BCUT2D eigenvalue weighted by Crippen LogP contribution is 2.15. The predicted octanol–water partition coefficient (Wildman–Crippen LogP) is 4.44. The molecular weight excluding hydrogens is 352 g/mol. The van der Waals surface area contributed by atoms with Crippen molar-refractivity contribution in [2.24, 2.45) is 0 Å². The molecule has 0 unspecified atom stereocenters. The number of rotatable bonds is 3. The number of aryl methyl sites for hydroxylation is 4. The highest BCUT2D eigenvalue weighted by molar-refractivity contribution is 6.96. The van der Waals surface area contributed by atoms with Crippen molar-refractivity contribution in [2.75, 3.05) is 0 Å². The Morgan fingerprint density at radius 2 is 1.00 bits per heavy atom. The standard InChI is InChI=1S/C24H27ClSi/c1-15-11-21(12-16(2)19(15)5)26(24-10-8-7-9-23(24)25)22-13-17(3)20(6)18(4)14-22/h7-14,26H,1-6H3. The van der Waals surface area contributed by atoms with Crippen LogP contribution in [-0.2, 0) is 0 Å². The molecule has 0 heterocycles. The summed E-state index contributed by atoms with van der Waals surface area (Å²) in [4.78, 5) is 0. The second-order valence-electron chi connectivity index (χ2n) is 7.51. The van der Waals surface area contributed by atoms with Crippen LogP contribution >= 0.6 is 11.6 Å². The van der Waals surface area contributed by atoms with Crippen LogP contribution in [0, 0.1) is 41.5 Å². The van der Waals surface area contributed by atoms with Crippen molar-refractivity contribution < 1.29 is 0 Å². The number of hydrogen-bond acceptors (Lipinski definition) is 0. The van der Waals surface area contributed by atoms with E-state index in [1.807, 2.05) is 12.1 Å². The quantitative estimate of drug-likeness (QED) is 0.467. The van der Waals surface area contributed by atoms with Gasteiger partial charge in [0.15, 0.2) is 0 Å². The normalized spacial score (nSPS) is 11.2. The number of benzene rings is 3. The van der Waals surface area contributed by atoms with E-state index in [2.05, 4.69) is 77.9 Å². The van der Waals surface area contributed by atoms with E-state index in [-0.39, 0.29) is 0 Å². The van der Waals surface area contributed by atoms with Crippen molar-refractivity contribution in [3.63, 3.8) is 0 Å². The van der Waals surface area contributed by atoms with E-state index in [1.54, 1.807) is 0 Å². The predicted molar refractivity (Wildman–Crippen MR) is 119 cm³/mol. The molecule has 0 radical (unpaired) electrons. The molecule has 134 valence electrons. The maximum Gasteiger partial charge on any atom is 0.134 e. The Balaban J connectivity index is 2.30. The highest BCUT2D eigenvalue weighted by Gasteiger charge is 2.23. The lowest BCUT2D eigenvalue weighted by Gasteiger charge is -2.22. The van der Waals surface area contributed by atoms with Gasteiger partial charge in [-0.15, -0.1) is 0 Å². The lowest BCUT2D eigenvalue weighted by atomic mass is 10.0. The maximum atomic E-state index is 6.68. The van der Waals surface area contributed by atoms with E-state index in [0.717, 1.165) is 5.02 Å². The Kier molecular flexibility index (Phi) is 5.41. The van der Waals surface area contributed by atoms with E-state index in [1.165, 1.54) is 48.9 Å². The average Bonchev–Trinajstić information content (AvgIpc) is 2.59. The van der Waals surface area contributed by atoms with E-state index >= 15 is 0 Å². The minimum absolute atomic E-state index is 0.885. The fourth-order valence-electron chi connectivity index (χ4n) is 3.73. The summed E-state index contributed by atoms with van der Waals surface area (Å²) in [5, 5.41) is 5.08. The first-order valence-corrected chi connectivity index (χ1v) is 11.3. The third-order valence-electron chi connectivity index (χ3n) is 5.78. The summed E-state index contributed by atoms with van der Waals surface area (Å²) in [6.07, 6.45) is 0. The molecule has 0 aromatic heterocycles. The SMILES string of the molecule is Cc1cc([SiH](c2cc(C)c(C)c(C)c2)c2ccccc2Cl)cc(C)c1C. The van der Waals surface area contributed by atoms with Gasteiger partial charge in [0.25, 0.3) is 0 Å². The summed E-state index contributed by atoms with van der Waals surface area (Å²) in [6, 6.07) is 17.9. The molecule has 0 nitrogen and oxygen atoms in total. The molecule has 0 fully saturated rings. The smallest absolute Gasteiger partial charge is 0.0845 e. The molecule has 0 aliphatic heterocycles. The van der Waals surface area contributed by atoms with Crippen LogP contribution in [0.25, 0.3) is 0 Å². The fraction of sp³-hybridized carbons (Fsp3) is 0.250. The van der Waals surface area contributed by atoms with Crippen molar-refractivity contribution in [3.05, 3.63) is 86.9 Å². The highest BCUT2D eigenvalue weighted by atomic mass is 35.5. The van der Waals surface area contributed by atoms with Crippen LogP contribution in [0.3, 0.4) is 0 Å². The molecule has 3 rings (SSSR count). The molecule has 0 saturated heterocycles. The number of hydrogen-bond donors (Lipinski definition) is 0. The first-order valence-electron chi connectivity index (χ1n) is 9.19. The number of halogens is 1. The third-order valence-corrected chi connectivity index (χ3v) is 9.43. The molecule has 0 aliphatic rings. The fourth-order valence-corrected chi connectivity index (χ4v) is 7.64. The summed E-state index contributed by atoms with van der Waals surface area (Å²) in [6.45, 7) is 13.3. The zero-order valence-electron chi connectivity index (χ0n) is 16.6. The van der Waals surface area contributed by atoms with Crippen molar-refractivity contribution >= 4 is 36.0 Å². The monoisotopic (exact) mass is 378 g/mol. The van der Waals surface area contributed by atoms with E-state index < -0.39 is 8.80 Å². The van der Waals surface area contributed by atoms with Crippen LogP contribution in [0.5, 0.6) is 0 Å². The van der Waals surface area contributed by atoms with Crippen LogP contribution in [0.2, 0.25) is 5.02 Å². The largest absolute Gasteiger partial charge is 0.134 e. The van der Waals surface area contributed by atoms with Crippen molar-refractivity contribution in [3.8, 4) is 0 Å². The van der Waals surface area contributed by atoms with Gasteiger partial charge < -0.3 is 0 Å². The molecule has 0 bridgehead atoms. The van der Waals surface area contributed by atoms with Gasteiger partial charge in [-0.05, 0) is 86.2 Å². The van der Waals surface area contributed by atoms with E-state index in [4.69, 9.17) is 11.6 Å². The summed E-state index contributed by atoms with van der Waals surface area (Å²) >= 11 is 6.68. The second kappa shape index (κ2) is 7.42. The molecule has 0 spiro atoms. The molecular formula is C24H27ClSi. The Bertz CT molecular complexity index is 868. The van der Waals surface area contributed by atoms with Crippen LogP contribution in [0.15, 0.2) is 48.5 Å². The second-order valence-corrected chi connectivity index (χ2v) is 10.7. The lowest BCUT2D eigenvalue weighted by Crippen LogP contribution is -2.53. The van der Waals surface area contributed by atoms with E-state index in [9.17, 15) is 0 Å². The van der Waals surface area contributed by atoms with Crippen LogP contribution in [-0.4, -0.2) is 8.80 Å². The lowest BCUT2D eigenvalue weighted by molar-refractivity contribution is 1.27. The van der Waals surface area contributed by atoms with Gasteiger partial charge in [0.2, 0.25) is 0 Å². The topological polar surface area (TPSA) is 0 Å². The molecule has 0 amide bonds. The third kappa shape index (κ3) is 3.51. The van der Waals surface area contributed by atoms with Gasteiger partial charge >= 0.3 is 0 Å². The zero-order valence-corrected chi connectivity index (χ0v) is 18.5. The van der Waals surface area contributed by atoms with Gasteiger partial charge in [-0.1, -0.05) is 64.4 Å². The minimum Gasteiger partial charge on any atom is -0.0845 e. The van der Waals surface area contributed by atoms with Crippen LogP contribution in [0.4, 0.5) is 0 Å². The Morgan fingerprint density at radius 3 is 1.38 bits per heavy atom. The molecule has 0 saturated carbocycles. The molecule has 2 heteroatoms. The summed E-state index contributed by atoms with van der Waals surface area (Å²) < 4.78 is 0. The molecule has 0 aliphatic carbocycles. The summed E-state index contributed by atoms with van der Waals surface area (Å²) in [5.74, 6) is 0. The Hall–Kier alpha value is -1.83. The van der Waals surface area contributed by atoms with Gasteiger partial charge in [0.1, 0.15) is 8.80 Å². The van der Waals surface area contributed by atoms with E-state index in [0.29, 0.717) is 0 Å². The molecule has 3 aromatic rings. The molecule has 3 aromatic carbocycles. The molecule has 0 N–H and O–H groups in total. The van der Waals surface area contributed by atoms with Crippen molar-refractivity contribution in [1.29, 1.82) is 0 Å². The van der Waals surface area contributed by atoms with Gasteiger partial charge in [-0.2, -0.15) is 0 Å². The first kappa shape index (κ1) is 18.9. The Labute approximate surface area is 164 Å². The maximum absolute atomic E-state index is 6.68. The first-order chi connectivity index (χ1) is 12.3.